The Balaban J connectivity index is 1.58. The minimum atomic E-state index is -4.85. The van der Waals surface area contributed by atoms with E-state index in [-0.39, 0.29) is 24.6 Å². The largest absolute Gasteiger partial charge is 0.434 e. The molecule has 2 aliphatic rings. The zero-order chi connectivity index (χ0) is 23.0. The van der Waals surface area contributed by atoms with Crippen molar-refractivity contribution in [3.63, 3.8) is 0 Å². The first kappa shape index (κ1) is 23.8. The topological polar surface area (TPSA) is 114 Å². The van der Waals surface area contributed by atoms with E-state index in [0.717, 1.165) is 4.90 Å². The van der Waals surface area contributed by atoms with Crippen molar-refractivity contribution in [2.45, 2.75) is 48.1 Å². The summed E-state index contributed by atoms with van der Waals surface area (Å²) >= 11 is 0. The number of ether oxygens (including phenoxy) is 2. The Morgan fingerprint density at radius 2 is 2.10 bits per heavy atom. The lowest BCUT2D eigenvalue weighted by Gasteiger charge is -2.38. The van der Waals surface area contributed by atoms with Gasteiger partial charge in [-0.05, 0) is 19.3 Å². The number of amides is 1. The summed E-state index contributed by atoms with van der Waals surface area (Å²) in [6.07, 6.45) is -4.86. The lowest BCUT2D eigenvalue weighted by atomic mass is 9.87. The number of carbonyl (C=O) groups excluding carboxylic acids is 1. The smallest absolute Gasteiger partial charge is 0.427 e. The summed E-state index contributed by atoms with van der Waals surface area (Å²) in [6, 6.07) is -0.423. The van der Waals surface area contributed by atoms with E-state index in [9.17, 15) is 26.4 Å². The molecule has 3 heterocycles. The number of aliphatic hydroxyl groups excluding tert-OH is 1. The summed E-state index contributed by atoms with van der Waals surface area (Å²) in [5.41, 5.74) is -0.666. The van der Waals surface area contributed by atoms with Crippen LogP contribution in [0.15, 0.2) is 17.3 Å². The highest BCUT2D eigenvalue weighted by molar-refractivity contribution is 7.89. The molecule has 176 valence electrons. The molecule has 1 N–H and O–H groups in total. The van der Waals surface area contributed by atoms with Gasteiger partial charge >= 0.3 is 12.3 Å². The molecule has 2 saturated heterocycles. The van der Waals surface area contributed by atoms with Crippen LogP contribution in [0.3, 0.4) is 0 Å². The molecular weight excluding hydrogens is 445 g/mol. The highest BCUT2D eigenvalue weighted by Gasteiger charge is 2.48. The molecule has 10 nitrogen and oxygen atoms in total. The van der Waals surface area contributed by atoms with Crippen LogP contribution in [-0.2, 0) is 26.5 Å². The monoisotopic (exact) mass is 470 g/mol. The zero-order valence-electron chi connectivity index (χ0n) is 17.1. The average molecular weight is 470 g/mol. The number of likely N-dealkylation sites (tertiary alicyclic amines) is 1. The fraction of sp³-hybridized carbons (Fsp3) is 0.765. The predicted molar refractivity (Wildman–Crippen MR) is 99.5 cm³/mol. The number of carbonyl (C=O) groups is 1. The van der Waals surface area contributed by atoms with Gasteiger partial charge in [-0.2, -0.15) is 22.6 Å². The summed E-state index contributed by atoms with van der Waals surface area (Å²) in [5, 5.41) is 12.7. The number of alkyl halides is 3. The second-order valence-corrected chi connectivity index (χ2v) is 9.80. The maximum absolute atomic E-state index is 12.8. The Kier molecular flexibility index (Phi) is 6.56. The predicted octanol–water partition coefficient (Wildman–Crippen LogP) is 0.724. The third-order valence-corrected chi connectivity index (χ3v) is 7.63. The molecule has 0 bridgehead atoms. The number of hydrogen-bond acceptors (Lipinski definition) is 7. The molecule has 0 radical (unpaired) electrons. The Labute approximate surface area is 177 Å². The van der Waals surface area contributed by atoms with Gasteiger partial charge in [0, 0.05) is 33.4 Å². The summed E-state index contributed by atoms with van der Waals surface area (Å²) < 4.78 is 76.6. The van der Waals surface area contributed by atoms with Crippen molar-refractivity contribution in [2.24, 2.45) is 7.05 Å². The Morgan fingerprint density at radius 3 is 2.61 bits per heavy atom. The summed E-state index contributed by atoms with van der Waals surface area (Å²) in [6.45, 7) is -0.988. The van der Waals surface area contributed by atoms with Crippen LogP contribution in [0.1, 0.15) is 19.3 Å². The van der Waals surface area contributed by atoms with Crippen LogP contribution in [0.4, 0.5) is 18.0 Å². The molecular formula is C17H25F3N4O6S. The summed E-state index contributed by atoms with van der Waals surface area (Å²) in [4.78, 5) is 13.2. The molecule has 3 rings (SSSR count). The Bertz CT molecular complexity index is 898. The van der Waals surface area contributed by atoms with Gasteiger partial charge in [-0.1, -0.05) is 0 Å². The molecule has 1 spiro atoms. The lowest BCUT2D eigenvalue weighted by Crippen LogP contribution is -2.49. The standard InChI is InChI=1S/C17H25F3N4O6S/c1-22-9-13(8-21-22)31(27,28)23(2)12-7-16(29-11-12)3-5-24(6-4-16)15(26)30-14(10-25)17(18,19)20/h8-9,12,14,25H,3-7,10-11H2,1-2H3/t12-,14-/m1/s1. The van der Waals surface area contributed by atoms with Crippen LogP contribution < -0.4 is 0 Å². The first-order chi connectivity index (χ1) is 14.4. The number of aryl methyl sites for hydroxylation is 1. The van der Waals surface area contributed by atoms with Gasteiger partial charge in [-0.25, -0.2) is 13.2 Å². The number of nitrogens with zero attached hydrogens (tertiary/aromatic N) is 4. The third kappa shape index (κ3) is 4.96. The number of aliphatic hydroxyl groups is 1. The molecule has 0 saturated carbocycles. The van der Waals surface area contributed by atoms with Gasteiger partial charge in [-0.15, -0.1) is 0 Å². The van der Waals surface area contributed by atoms with E-state index >= 15 is 0 Å². The Morgan fingerprint density at radius 1 is 1.45 bits per heavy atom. The van der Waals surface area contributed by atoms with Gasteiger partial charge in [0.15, 0.2) is 0 Å². The second-order valence-electron chi connectivity index (χ2n) is 7.81. The van der Waals surface area contributed by atoms with Crippen LogP contribution in [-0.4, -0.2) is 95.9 Å². The number of aromatic nitrogens is 2. The van der Waals surface area contributed by atoms with Gasteiger partial charge < -0.3 is 19.5 Å². The molecule has 2 aliphatic heterocycles. The van der Waals surface area contributed by atoms with Crippen molar-refractivity contribution in [1.82, 2.24) is 19.0 Å². The molecule has 0 unspecified atom stereocenters. The molecule has 31 heavy (non-hydrogen) atoms. The maximum Gasteiger partial charge on any atom is 0.427 e. The van der Waals surface area contributed by atoms with Crippen molar-refractivity contribution < 1.29 is 41.0 Å². The van der Waals surface area contributed by atoms with Gasteiger partial charge in [0.2, 0.25) is 16.1 Å². The van der Waals surface area contributed by atoms with Crippen LogP contribution in [0.5, 0.6) is 0 Å². The van der Waals surface area contributed by atoms with Gasteiger partial charge in [0.25, 0.3) is 0 Å². The van der Waals surface area contributed by atoms with Crippen molar-refractivity contribution in [1.29, 1.82) is 0 Å². The van der Waals surface area contributed by atoms with Crippen LogP contribution in [0.2, 0.25) is 0 Å². The van der Waals surface area contributed by atoms with Crippen LogP contribution in [0, 0.1) is 0 Å². The van der Waals surface area contributed by atoms with E-state index in [1.165, 1.54) is 28.4 Å². The number of hydrogen-bond donors (Lipinski definition) is 1. The molecule has 1 amide bonds. The fourth-order valence-corrected chi connectivity index (χ4v) is 5.12. The summed E-state index contributed by atoms with van der Waals surface area (Å²) in [5.74, 6) is 0. The van der Waals surface area contributed by atoms with Gasteiger partial charge in [-0.3, -0.25) is 4.68 Å². The number of sulfonamides is 1. The van der Waals surface area contributed by atoms with Gasteiger partial charge in [0.05, 0.1) is 31.1 Å². The lowest BCUT2D eigenvalue weighted by molar-refractivity contribution is -0.215. The third-order valence-electron chi connectivity index (χ3n) is 5.77. The van der Waals surface area contributed by atoms with Crippen molar-refractivity contribution in [3.8, 4) is 0 Å². The molecule has 0 aromatic carbocycles. The normalized spacial score (nSPS) is 22.8. The minimum Gasteiger partial charge on any atom is -0.434 e. The average Bonchev–Trinajstić information content (AvgIpc) is 3.32. The Hall–Kier alpha value is -1.90. The first-order valence-corrected chi connectivity index (χ1v) is 11.1. The van der Waals surface area contributed by atoms with Crippen LogP contribution >= 0.6 is 0 Å². The molecule has 1 aromatic heterocycles. The van der Waals surface area contributed by atoms with Crippen molar-refractivity contribution >= 4 is 16.1 Å². The minimum absolute atomic E-state index is 0.0686. The van der Waals surface area contributed by atoms with Crippen molar-refractivity contribution in [2.75, 3.05) is 33.4 Å². The fourth-order valence-electron chi connectivity index (χ4n) is 3.80. The first-order valence-electron chi connectivity index (χ1n) is 9.62. The molecule has 2 fully saturated rings. The second kappa shape index (κ2) is 8.56. The number of likely N-dealkylation sites (N-methyl/N-ethyl adjacent to an activating group) is 1. The van der Waals surface area contributed by atoms with E-state index in [2.05, 4.69) is 9.84 Å². The van der Waals surface area contributed by atoms with E-state index in [0.29, 0.717) is 19.3 Å². The number of halogens is 3. The SMILES string of the molecule is CN([C@H]1COC2(CCN(C(=O)O[C@H](CO)C(F)(F)F)CC2)C1)S(=O)(=O)c1cnn(C)c1. The number of rotatable bonds is 5. The van der Waals surface area contributed by atoms with E-state index in [1.54, 1.807) is 7.05 Å². The highest BCUT2D eigenvalue weighted by atomic mass is 32.2. The van der Waals surface area contributed by atoms with E-state index in [1.807, 2.05) is 0 Å². The zero-order valence-corrected chi connectivity index (χ0v) is 17.9. The highest BCUT2D eigenvalue weighted by Crippen LogP contribution is 2.38. The molecule has 2 atom stereocenters. The van der Waals surface area contributed by atoms with E-state index < -0.39 is 46.6 Å². The molecule has 0 aliphatic carbocycles. The maximum atomic E-state index is 12.8. The molecule has 14 heteroatoms. The van der Waals surface area contributed by atoms with Crippen molar-refractivity contribution in [3.05, 3.63) is 12.4 Å². The quantitative estimate of drug-likeness (QED) is 0.675. The van der Waals surface area contributed by atoms with E-state index in [4.69, 9.17) is 9.84 Å². The molecule has 1 aromatic rings. The summed E-state index contributed by atoms with van der Waals surface area (Å²) in [7, 11) is -0.676. The van der Waals surface area contributed by atoms with Gasteiger partial charge in [0.1, 0.15) is 4.90 Å². The number of piperidine rings is 1. The van der Waals surface area contributed by atoms with Crippen LogP contribution in [0.25, 0.3) is 0 Å².